The van der Waals surface area contributed by atoms with Crippen molar-refractivity contribution in [1.82, 2.24) is 15.6 Å². The highest BCUT2D eigenvalue weighted by Crippen LogP contribution is 2.12. The Balaban J connectivity index is 0.00000180. The van der Waals surface area contributed by atoms with Gasteiger partial charge in [0, 0.05) is 18.4 Å². The summed E-state index contributed by atoms with van der Waals surface area (Å²) in [6.07, 6.45) is 5.21. The molecule has 1 aromatic heterocycles. The van der Waals surface area contributed by atoms with Gasteiger partial charge >= 0.3 is 0 Å². The van der Waals surface area contributed by atoms with Crippen molar-refractivity contribution in [2.75, 3.05) is 19.6 Å². The Morgan fingerprint density at radius 3 is 2.85 bits per heavy atom. The predicted molar refractivity (Wildman–Crippen MR) is 86.0 cm³/mol. The average molecular weight is 320 g/mol. The molecule has 2 N–H and O–H groups in total. The first-order valence-electron chi connectivity index (χ1n) is 6.67. The van der Waals surface area contributed by atoms with Crippen LogP contribution in [0.25, 0.3) is 0 Å². The number of hydrogen-bond acceptors (Lipinski definition) is 3. The molecule has 1 amide bonds. The van der Waals surface area contributed by atoms with Crippen molar-refractivity contribution < 1.29 is 4.79 Å². The molecule has 1 saturated heterocycles. The summed E-state index contributed by atoms with van der Waals surface area (Å²) in [5, 5.41) is 6.35. The zero-order chi connectivity index (χ0) is 12.8. The van der Waals surface area contributed by atoms with Crippen molar-refractivity contribution in [3.8, 4) is 0 Å². The molecule has 2 rings (SSSR count). The van der Waals surface area contributed by atoms with Gasteiger partial charge in [0.05, 0.1) is 5.56 Å². The molecular formula is C14H23Cl2N3O. The second-order valence-corrected chi connectivity index (χ2v) is 4.95. The molecular weight excluding hydrogens is 297 g/mol. The fourth-order valence-corrected chi connectivity index (χ4v) is 2.26. The summed E-state index contributed by atoms with van der Waals surface area (Å²) in [6.45, 7) is 4.89. The molecule has 1 aliphatic rings. The molecule has 1 aromatic rings. The summed E-state index contributed by atoms with van der Waals surface area (Å²) in [6, 6.07) is 3.68. The smallest absolute Gasteiger partial charge is 0.252 e. The van der Waals surface area contributed by atoms with Crippen LogP contribution in [0.1, 0.15) is 35.3 Å². The number of hydrogen-bond donors (Lipinski definition) is 2. The molecule has 6 heteroatoms. The highest BCUT2D eigenvalue weighted by Gasteiger charge is 2.13. The molecule has 20 heavy (non-hydrogen) atoms. The SMILES string of the molecule is Cc1ccc(C(=O)NCCC2CCCNC2)cn1.Cl.Cl. The van der Waals surface area contributed by atoms with Gasteiger partial charge in [-0.25, -0.2) is 0 Å². The Labute approximate surface area is 132 Å². The largest absolute Gasteiger partial charge is 0.352 e. The van der Waals surface area contributed by atoms with Gasteiger partial charge in [-0.3, -0.25) is 9.78 Å². The van der Waals surface area contributed by atoms with Gasteiger partial charge < -0.3 is 10.6 Å². The molecule has 0 saturated carbocycles. The van der Waals surface area contributed by atoms with Crippen LogP contribution >= 0.6 is 24.8 Å². The van der Waals surface area contributed by atoms with E-state index in [0.29, 0.717) is 11.5 Å². The zero-order valence-corrected chi connectivity index (χ0v) is 13.4. The number of rotatable bonds is 4. The minimum atomic E-state index is -0.0220. The third-order valence-electron chi connectivity index (χ3n) is 3.41. The van der Waals surface area contributed by atoms with Crippen LogP contribution in [0, 0.1) is 12.8 Å². The molecule has 114 valence electrons. The molecule has 1 atom stereocenters. The predicted octanol–water partition coefficient (Wildman–Crippen LogP) is 2.35. The summed E-state index contributed by atoms with van der Waals surface area (Å²) in [5.74, 6) is 0.682. The number of carbonyl (C=O) groups is 1. The summed E-state index contributed by atoms with van der Waals surface area (Å²) in [4.78, 5) is 16.0. The van der Waals surface area contributed by atoms with Gasteiger partial charge in [-0.15, -0.1) is 24.8 Å². The van der Waals surface area contributed by atoms with Gasteiger partial charge in [-0.2, -0.15) is 0 Å². The minimum absolute atomic E-state index is 0. The van der Waals surface area contributed by atoms with Crippen LogP contribution in [0.4, 0.5) is 0 Å². The van der Waals surface area contributed by atoms with Crippen molar-refractivity contribution >= 4 is 30.7 Å². The lowest BCUT2D eigenvalue weighted by Gasteiger charge is -2.22. The van der Waals surface area contributed by atoms with E-state index in [1.807, 2.05) is 19.1 Å². The van der Waals surface area contributed by atoms with Crippen LogP contribution in [0.5, 0.6) is 0 Å². The second kappa shape index (κ2) is 9.97. The van der Waals surface area contributed by atoms with E-state index in [2.05, 4.69) is 15.6 Å². The summed E-state index contributed by atoms with van der Waals surface area (Å²) in [5.41, 5.74) is 1.57. The first kappa shape index (κ1) is 19.2. The standard InChI is InChI=1S/C14H21N3O.2ClH/c1-11-4-5-13(10-17-11)14(18)16-8-6-12-3-2-7-15-9-12;;/h4-5,10,12,15H,2-3,6-9H2,1H3,(H,16,18);2*1H. The maximum atomic E-state index is 11.8. The van der Waals surface area contributed by atoms with Crippen LogP contribution in [0.3, 0.4) is 0 Å². The first-order chi connectivity index (χ1) is 8.75. The van der Waals surface area contributed by atoms with Crippen molar-refractivity contribution in [2.45, 2.75) is 26.2 Å². The van der Waals surface area contributed by atoms with Crippen LogP contribution in [0.15, 0.2) is 18.3 Å². The van der Waals surface area contributed by atoms with Crippen LogP contribution < -0.4 is 10.6 Å². The highest BCUT2D eigenvalue weighted by molar-refractivity contribution is 5.93. The summed E-state index contributed by atoms with van der Waals surface area (Å²) >= 11 is 0. The van der Waals surface area contributed by atoms with Gasteiger partial charge in [-0.1, -0.05) is 0 Å². The van der Waals surface area contributed by atoms with Crippen molar-refractivity contribution in [1.29, 1.82) is 0 Å². The Hall–Kier alpha value is -0.840. The molecule has 1 unspecified atom stereocenters. The molecule has 0 aliphatic carbocycles. The molecule has 0 bridgehead atoms. The fraction of sp³-hybridized carbons (Fsp3) is 0.571. The number of aromatic nitrogens is 1. The van der Waals surface area contributed by atoms with Crippen molar-refractivity contribution in [3.63, 3.8) is 0 Å². The minimum Gasteiger partial charge on any atom is -0.352 e. The van der Waals surface area contributed by atoms with Gasteiger partial charge in [0.25, 0.3) is 5.91 Å². The normalized spacial score (nSPS) is 17.6. The van der Waals surface area contributed by atoms with Crippen LogP contribution in [0.2, 0.25) is 0 Å². The number of carbonyl (C=O) groups excluding carboxylic acids is 1. The molecule has 1 fully saturated rings. The maximum Gasteiger partial charge on any atom is 0.252 e. The molecule has 1 aliphatic heterocycles. The number of nitrogens with zero attached hydrogens (tertiary/aromatic N) is 1. The first-order valence-corrected chi connectivity index (χ1v) is 6.67. The number of nitrogens with one attached hydrogen (secondary N) is 2. The van der Waals surface area contributed by atoms with E-state index in [4.69, 9.17) is 0 Å². The van der Waals surface area contributed by atoms with Gasteiger partial charge in [0.2, 0.25) is 0 Å². The third-order valence-corrected chi connectivity index (χ3v) is 3.41. The second-order valence-electron chi connectivity index (χ2n) is 4.95. The molecule has 0 radical (unpaired) electrons. The number of amides is 1. The summed E-state index contributed by atoms with van der Waals surface area (Å²) < 4.78 is 0. The van der Waals surface area contributed by atoms with Crippen LogP contribution in [-0.2, 0) is 0 Å². The molecule has 2 heterocycles. The van der Waals surface area contributed by atoms with Gasteiger partial charge in [0.1, 0.15) is 0 Å². The van der Waals surface area contributed by atoms with Crippen molar-refractivity contribution in [3.05, 3.63) is 29.6 Å². The lowest BCUT2D eigenvalue weighted by molar-refractivity contribution is 0.0950. The molecule has 4 nitrogen and oxygen atoms in total. The maximum absolute atomic E-state index is 11.8. The Morgan fingerprint density at radius 2 is 2.25 bits per heavy atom. The monoisotopic (exact) mass is 319 g/mol. The fourth-order valence-electron chi connectivity index (χ4n) is 2.26. The van der Waals surface area contributed by atoms with E-state index in [9.17, 15) is 4.79 Å². The van der Waals surface area contributed by atoms with Crippen LogP contribution in [-0.4, -0.2) is 30.5 Å². The summed E-state index contributed by atoms with van der Waals surface area (Å²) in [7, 11) is 0. The quantitative estimate of drug-likeness (QED) is 0.895. The lowest BCUT2D eigenvalue weighted by atomic mass is 9.96. The Kier molecular flexibility index (Phi) is 9.55. The van der Waals surface area contributed by atoms with E-state index in [1.165, 1.54) is 12.8 Å². The van der Waals surface area contributed by atoms with E-state index >= 15 is 0 Å². The van der Waals surface area contributed by atoms with E-state index in [1.54, 1.807) is 6.20 Å². The van der Waals surface area contributed by atoms with E-state index < -0.39 is 0 Å². The third kappa shape index (κ3) is 6.07. The van der Waals surface area contributed by atoms with E-state index in [0.717, 1.165) is 31.7 Å². The highest BCUT2D eigenvalue weighted by atomic mass is 35.5. The number of pyridine rings is 1. The topological polar surface area (TPSA) is 54.0 Å². The Bertz CT molecular complexity index is 392. The average Bonchev–Trinajstić information content (AvgIpc) is 2.40. The number of aryl methyl sites for hydroxylation is 1. The lowest BCUT2D eigenvalue weighted by Crippen LogP contribution is -2.33. The van der Waals surface area contributed by atoms with E-state index in [-0.39, 0.29) is 30.7 Å². The molecule has 0 aromatic carbocycles. The van der Waals surface area contributed by atoms with Crippen molar-refractivity contribution in [2.24, 2.45) is 5.92 Å². The van der Waals surface area contributed by atoms with Gasteiger partial charge in [-0.05, 0) is 57.3 Å². The molecule has 0 spiro atoms. The Morgan fingerprint density at radius 1 is 1.45 bits per heavy atom. The zero-order valence-electron chi connectivity index (χ0n) is 11.7. The van der Waals surface area contributed by atoms with Gasteiger partial charge in [0.15, 0.2) is 0 Å². The number of halogens is 2. The number of piperidine rings is 1.